The van der Waals surface area contributed by atoms with Crippen molar-refractivity contribution in [1.29, 1.82) is 0 Å². The van der Waals surface area contributed by atoms with E-state index in [9.17, 15) is 0 Å². The van der Waals surface area contributed by atoms with Crippen molar-refractivity contribution in [3.8, 4) is 17.2 Å². The third kappa shape index (κ3) is 4.21. The fourth-order valence-corrected chi connectivity index (χ4v) is 3.94. The van der Waals surface area contributed by atoms with Gasteiger partial charge in [0.25, 0.3) is 0 Å². The molecular weight excluding hydrogens is 387 g/mol. The molecule has 0 unspecified atom stereocenters. The Labute approximate surface area is 175 Å². The number of rotatable bonds is 8. The zero-order chi connectivity index (χ0) is 21.0. The molecule has 1 aliphatic rings. The minimum Gasteiger partial charge on any atom is -0.497 e. The first-order valence-electron chi connectivity index (χ1n) is 10.2. The molecule has 0 aliphatic carbocycles. The van der Waals surface area contributed by atoms with Gasteiger partial charge in [-0.3, -0.25) is 0 Å². The Hall–Kier alpha value is -2.80. The summed E-state index contributed by atoms with van der Waals surface area (Å²) in [5.74, 6) is 2.06. The lowest BCUT2D eigenvalue weighted by atomic mass is 9.88. The van der Waals surface area contributed by atoms with Crippen LogP contribution in [0.1, 0.15) is 25.0 Å². The van der Waals surface area contributed by atoms with Crippen molar-refractivity contribution >= 4 is 11.0 Å². The molecule has 4 rings (SSSR count). The number of methoxy groups -OCH3 is 2. The third-order valence-corrected chi connectivity index (χ3v) is 5.70. The molecule has 0 radical (unpaired) electrons. The summed E-state index contributed by atoms with van der Waals surface area (Å²) in [5.41, 5.74) is -0.364. The van der Waals surface area contributed by atoms with Gasteiger partial charge in [0, 0.05) is 43.9 Å². The molecule has 1 fully saturated rings. The maximum absolute atomic E-state index is 15.6. The zero-order valence-corrected chi connectivity index (χ0v) is 17.4. The van der Waals surface area contributed by atoms with Crippen LogP contribution in [-0.4, -0.2) is 50.5 Å². The predicted octanol–water partition coefficient (Wildman–Crippen LogP) is 4.57. The molecule has 2 heterocycles. The average molecular weight is 414 g/mol. The summed E-state index contributed by atoms with van der Waals surface area (Å²) in [6.07, 6.45) is 1.66. The second-order valence-corrected chi connectivity index (χ2v) is 7.55. The number of benzene rings is 2. The molecule has 2 aromatic carbocycles. The molecule has 1 aromatic heterocycles. The van der Waals surface area contributed by atoms with Gasteiger partial charge in [0.05, 0.1) is 20.8 Å². The first-order valence-corrected chi connectivity index (χ1v) is 10.2. The van der Waals surface area contributed by atoms with E-state index in [0.717, 1.165) is 24.1 Å². The number of nitrogens with zero attached hydrogens (tertiary/aromatic N) is 2. The second kappa shape index (κ2) is 8.92. The maximum atomic E-state index is 15.6. The lowest BCUT2D eigenvalue weighted by Gasteiger charge is -2.35. The van der Waals surface area contributed by atoms with Gasteiger partial charge in [-0.05, 0) is 30.7 Å². The van der Waals surface area contributed by atoms with Gasteiger partial charge in [0.2, 0.25) is 0 Å². The average Bonchev–Trinajstić information content (AvgIpc) is 3.23. The van der Waals surface area contributed by atoms with E-state index < -0.39 is 5.67 Å². The van der Waals surface area contributed by atoms with Crippen LogP contribution in [0.15, 0.2) is 47.0 Å². The molecule has 1 aliphatic heterocycles. The number of hydrogen-bond donors (Lipinski definition) is 0. The van der Waals surface area contributed by atoms with Crippen molar-refractivity contribution < 1.29 is 23.1 Å². The topological polar surface area (TPSA) is 57.0 Å². The lowest BCUT2D eigenvalue weighted by molar-refractivity contribution is 0.0488. The highest BCUT2D eigenvalue weighted by Crippen LogP contribution is 2.39. The number of fused-ring (bicyclic) bond motifs is 1. The molecule has 1 saturated heterocycles. The molecule has 0 N–H and O–H groups in total. The van der Waals surface area contributed by atoms with E-state index in [1.54, 1.807) is 14.2 Å². The van der Waals surface area contributed by atoms with E-state index >= 15 is 4.39 Å². The third-order valence-electron chi connectivity index (χ3n) is 5.70. The highest BCUT2D eigenvalue weighted by atomic mass is 19.1. The van der Waals surface area contributed by atoms with Crippen LogP contribution in [0.25, 0.3) is 11.0 Å². The Morgan fingerprint density at radius 2 is 1.87 bits per heavy atom. The number of piperidine rings is 1. The van der Waals surface area contributed by atoms with E-state index in [1.165, 1.54) is 0 Å². The van der Waals surface area contributed by atoms with E-state index in [0.29, 0.717) is 55.3 Å². The molecule has 0 bridgehead atoms. The molecule has 0 atom stereocenters. The number of likely N-dealkylation sites (tertiary alicyclic amines) is 1. The highest BCUT2D eigenvalue weighted by molar-refractivity contribution is 5.80. The van der Waals surface area contributed by atoms with E-state index in [-0.39, 0.29) is 0 Å². The van der Waals surface area contributed by atoms with Crippen LogP contribution in [0.3, 0.4) is 0 Å². The largest absolute Gasteiger partial charge is 0.497 e. The monoisotopic (exact) mass is 414 g/mol. The fraction of sp³-hybridized carbons (Fsp3) is 0.435. The van der Waals surface area contributed by atoms with Gasteiger partial charge in [-0.2, -0.15) is 0 Å². The van der Waals surface area contributed by atoms with Gasteiger partial charge < -0.3 is 23.6 Å². The van der Waals surface area contributed by atoms with Crippen LogP contribution < -0.4 is 14.2 Å². The normalized spacial score (nSPS) is 16.5. The van der Waals surface area contributed by atoms with Crippen LogP contribution in [0.4, 0.5) is 4.39 Å². The Kier molecular flexibility index (Phi) is 6.08. The smallest absolute Gasteiger partial charge is 0.167 e. The zero-order valence-electron chi connectivity index (χ0n) is 17.4. The number of ether oxygens (including phenoxy) is 3. The Morgan fingerprint density at radius 3 is 2.63 bits per heavy atom. The highest BCUT2D eigenvalue weighted by Gasteiger charge is 2.40. The summed E-state index contributed by atoms with van der Waals surface area (Å²) < 4.78 is 37.4. The SMILES string of the molecule is COc1ccc(OC)c(OCCCN2CCC(F)(c3noc4ccccc34)CC2)c1. The van der Waals surface area contributed by atoms with E-state index in [4.69, 9.17) is 18.7 Å². The quantitative estimate of drug-likeness (QED) is 0.503. The summed E-state index contributed by atoms with van der Waals surface area (Å²) in [7, 11) is 3.23. The number of halogens is 1. The molecule has 3 aromatic rings. The number of aromatic nitrogens is 1. The number of para-hydroxylation sites is 1. The Balaban J connectivity index is 1.28. The molecule has 0 saturated carbocycles. The number of hydrogen-bond acceptors (Lipinski definition) is 6. The summed E-state index contributed by atoms with van der Waals surface area (Å²) in [4.78, 5) is 2.27. The van der Waals surface area contributed by atoms with Gasteiger partial charge >= 0.3 is 0 Å². The lowest BCUT2D eigenvalue weighted by Crippen LogP contribution is -2.41. The summed E-state index contributed by atoms with van der Waals surface area (Å²) in [6, 6.07) is 12.9. The molecule has 6 nitrogen and oxygen atoms in total. The second-order valence-electron chi connectivity index (χ2n) is 7.55. The van der Waals surface area contributed by atoms with Gasteiger partial charge in [0.1, 0.15) is 11.4 Å². The standard InChI is InChI=1S/C23H27FN2O4/c1-27-17-8-9-20(28-2)21(16-17)29-15-5-12-26-13-10-23(24,11-14-26)22-18-6-3-4-7-19(18)30-25-22/h3-4,6-9,16H,5,10-15H2,1-2H3. The molecule has 30 heavy (non-hydrogen) atoms. The fourth-order valence-electron chi connectivity index (χ4n) is 3.94. The number of alkyl halides is 1. The van der Waals surface area contributed by atoms with Gasteiger partial charge in [0.15, 0.2) is 22.8 Å². The Morgan fingerprint density at radius 1 is 1.07 bits per heavy atom. The first-order chi connectivity index (χ1) is 14.6. The van der Waals surface area contributed by atoms with Crippen LogP contribution in [0.2, 0.25) is 0 Å². The van der Waals surface area contributed by atoms with Crippen molar-refractivity contribution in [2.75, 3.05) is 40.5 Å². The molecular formula is C23H27FN2O4. The van der Waals surface area contributed by atoms with Crippen molar-refractivity contribution in [1.82, 2.24) is 10.1 Å². The van der Waals surface area contributed by atoms with Crippen LogP contribution in [-0.2, 0) is 5.67 Å². The minimum atomic E-state index is -1.44. The minimum absolute atomic E-state index is 0.411. The molecule has 160 valence electrons. The summed E-state index contributed by atoms with van der Waals surface area (Å²) in [5, 5.41) is 4.82. The molecule has 0 amide bonds. The summed E-state index contributed by atoms with van der Waals surface area (Å²) in [6.45, 7) is 2.76. The molecule has 0 spiro atoms. The van der Waals surface area contributed by atoms with Crippen LogP contribution in [0.5, 0.6) is 17.2 Å². The van der Waals surface area contributed by atoms with Gasteiger partial charge in [-0.15, -0.1) is 0 Å². The maximum Gasteiger partial charge on any atom is 0.167 e. The van der Waals surface area contributed by atoms with E-state index in [1.807, 2.05) is 42.5 Å². The van der Waals surface area contributed by atoms with Crippen molar-refractivity contribution in [3.63, 3.8) is 0 Å². The Bertz CT molecular complexity index is 982. The van der Waals surface area contributed by atoms with Crippen LogP contribution >= 0.6 is 0 Å². The van der Waals surface area contributed by atoms with Gasteiger partial charge in [-0.25, -0.2) is 4.39 Å². The van der Waals surface area contributed by atoms with Crippen molar-refractivity contribution in [2.24, 2.45) is 0 Å². The van der Waals surface area contributed by atoms with Crippen molar-refractivity contribution in [2.45, 2.75) is 24.9 Å². The van der Waals surface area contributed by atoms with Crippen molar-refractivity contribution in [3.05, 3.63) is 48.2 Å². The first kappa shape index (κ1) is 20.5. The van der Waals surface area contributed by atoms with Crippen LogP contribution in [0, 0.1) is 0 Å². The molecule has 7 heteroatoms. The predicted molar refractivity (Wildman–Crippen MR) is 112 cm³/mol. The van der Waals surface area contributed by atoms with Gasteiger partial charge in [-0.1, -0.05) is 17.3 Å². The summed E-state index contributed by atoms with van der Waals surface area (Å²) >= 11 is 0. The van der Waals surface area contributed by atoms with E-state index in [2.05, 4.69) is 10.1 Å².